The number of carbonyl (C=O) groups excluding carboxylic acids is 2. The van der Waals surface area contributed by atoms with Crippen molar-refractivity contribution in [3.63, 3.8) is 0 Å². The summed E-state index contributed by atoms with van der Waals surface area (Å²) in [6, 6.07) is 5.24. The molecule has 1 aromatic carbocycles. The van der Waals surface area contributed by atoms with Crippen molar-refractivity contribution < 1.29 is 19.4 Å². The average Bonchev–Trinajstić information content (AvgIpc) is 2.26. The SMILES string of the molecule is CCOC(=O)C(NC(C)=O)c1cccc(O)c1. The molecule has 0 saturated heterocycles. The van der Waals surface area contributed by atoms with Gasteiger partial charge in [-0.1, -0.05) is 12.1 Å². The Morgan fingerprint density at radius 1 is 1.47 bits per heavy atom. The second-order valence-corrected chi connectivity index (χ2v) is 3.48. The van der Waals surface area contributed by atoms with Crippen LogP contribution < -0.4 is 5.32 Å². The molecule has 1 amide bonds. The highest BCUT2D eigenvalue weighted by Crippen LogP contribution is 2.19. The number of ether oxygens (including phenoxy) is 1. The lowest BCUT2D eigenvalue weighted by atomic mass is 10.1. The van der Waals surface area contributed by atoms with Gasteiger partial charge in [0.25, 0.3) is 0 Å². The molecular formula is C12H15NO4. The van der Waals surface area contributed by atoms with Gasteiger partial charge in [0.15, 0.2) is 6.04 Å². The van der Waals surface area contributed by atoms with Gasteiger partial charge in [-0.05, 0) is 24.6 Å². The molecular weight excluding hydrogens is 222 g/mol. The molecule has 5 heteroatoms. The first kappa shape index (κ1) is 13.0. The molecule has 1 rings (SSSR count). The molecule has 1 atom stereocenters. The first-order valence-corrected chi connectivity index (χ1v) is 5.27. The van der Waals surface area contributed by atoms with Crippen LogP contribution >= 0.6 is 0 Å². The highest BCUT2D eigenvalue weighted by Gasteiger charge is 2.22. The van der Waals surface area contributed by atoms with E-state index < -0.39 is 12.0 Å². The van der Waals surface area contributed by atoms with Crippen LogP contribution in [0.2, 0.25) is 0 Å². The van der Waals surface area contributed by atoms with E-state index in [1.807, 2.05) is 0 Å². The Hall–Kier alpha value is -2.04. The normalized spacial score (nSPS) is 11.6. The Morgan fingerprint density at radius 2 is 2.18 bits per heavy atom. The van der Waals surface area contributed by atoms with Crippen LogP contribution in [0, 0.1) is 0 Å². The van der Waals surface area contributed by atoms with E-state index in [9.17, 15) is 14.7 Å². The van der Waals surface area contributed by atoms with Gasteiger partial charge in [-0.3, -0.25) is 4.79 Å². The van der Waals surface area contributed by atoms with Crippen LogP contribution in [0.25, 0.3) is 0 Å². The minimum absolute atomic E-state index is 0.0298. The van der Waals surface area contributed by atoms with Crippen LogP contribution in [0.5, 0.6) is 5.75 Å². The Balaban J connectivity index is 2.97. The van der Waals surface area contributed by atoms with Crippen LogP contribution in [0.1, 0.15) is 25.5 Å². The summed E-state index contributed by atoms with van der Waals surface area (Å²) in [6.07, 6.45) is 0. The van der Waals surface area contributed by atoms with Crippen LogP contribution in [0.3, 0.4) is 0 Å². The van der Waals surface area contributed by atoms with E-state index in [1.54, 1.807) is 19.1 Å². The number of rotatable bonds is 4. The van der Waals surface area contributed by atoms with Gasteiger partial charge in [0, 0.05) is 6.92 Å². The third-order valence-corrected chi connectivity index (χ3v) is 2.07. The zero-order valence-corrected chi connectivity index (χ0v) is 9.77. The summed E-state index contributed by atoms with van der Waals surface area (Å²) in [4.78, 5) is 22.7. The number of hydrogen-bond donors (Lipinski definition) is 2. The maximum atomic E-state index is 11.7. The van der Waals surface area contributed by atoms with Crippen molar-refractivity contribution in [2.75, 3.05) is 6.61 Å². The maximum Gasteiger partial charge on any atom is 0.333 e. The topological polar surface area (TPSA) is 75.6 Å². The summed E-state index contributed by atoms with van der Waals surface area (Å²) >= 11 is 0. The number of carbonyl (C=O) groups is 2. The van der Waals surface area contributed by atoms with Crippen LogP contribution in [0.4, 0.5) is 0 Å². The molecule has 0 saturated carbocycles. The number of phenolic OH excluding ortho intramolecular Hbond substituents is 1. The lowest BCUT2D eigenvalue weighted by molar-refractivity contribution is -0.147. The molecule has 0 spiro atoms. The minimum atomic E-state index is -0.889. The number of phenols is 1. The van der Waals surface area contributed by atoms with Crippen molar-refractivity contribution in [1.82, 2.24) is 5.32 Å². The number of benzene rings is 1. The molecule has 0 aliphatic heterocycles. The van der Waals surface area contributed by atoms with Gasteiger partial charge >= 0.3 is 5.97 Å². The molecule has 0 aliphatic rings. The van der Waals surface area contributed by atoms with Crippen molar-refractivity contribution in [3.05, 3.63) is 29.8 Å². The first-order valence-electron chi connectivity index (χ1n) is 5.27. The van der Waals surface area contributed by atoms with E-state index in [0.29, 0.717) is 5.56 Å². The van der Waals surface area contributed by atoms with Crippen molar-refractivity contribution in [1.29, 1.82) is 0 Å². The molecule has 17 heavy (non-hydrogen) atoms. The largest absolute Gasteiger partial charge is 0.508 e. The van der Waals surface area contributed by atoms with E-state index in [0.717, 1.165) is 0 Å². The summed E-state index contributed by atoms with van der Waals surface area (Å²) < 4.78 is 4.86. The summed E-state index contributed by atoms with van der Waals surface area (Å²) in [5, 5.41) is 11.8. The predicted molar refractivity (Wildman–Crippen MR) is 61.3 cm³/mol. The second-order valence-electron chi connectivity index (χ2n) is 3.48. The van der Waals surface area contributed by atoms with E-state index in [2.05, 4.69) is 5.32 Å². The minimum Gasteiger partial charge on any atom is -0.508 e. The Kier molecular flexibility index (Phi) is 4.51. The predicted octanol–water partition coefficient (Wildman–Crippen LogP) is 1.13. The van der Waals surface area contributed by atoms with Crippen molar-refractivity contribution in [2.45, 2.75) is 19.9 Å². The average molecular weight is 237 g/mol. The summed E-state index contributed by atoms with van der Waals surface area (Å²) in [6.45, 7) is 3.23. The van der Waals surface area contributed by atoms with Crippen molar-refractivity contribution in [2.24, 2.45) is 0 Å². The lowest BCUT2D eigenvalue weighted by Gasteiger charge is -2.16. The van der Waals surface area contributed by atoms with Crippen LogP contribution in [-0.2, 0) is 14.3 Å². The molecule has 1 aromatic rings. The standard InChI is InChI=1S/C12H15NO4/c1-3-17-12(16)11(13-8(2)14)9-5-4-6-10(15)7-9/h4-7,11,15H,3H2,1-2H3,(H,13,14). The van der Waals surface area contributed by atoms with Crippen molar-refractivity contribution in [3.8, 4) is 5.75 Å². The molecule has 0 radical (unpaired) electrons. The first-order chi connectivity index (χ1) is 8.04. The van der Waals surface area contributed by atoms with Gasteiger partial charge in [0.2, 0.25) is 5.91 Å². The summed E-state index contributed by atoms with van der Waals surface area (Å²) in [7, 11) is 0. The fourth-order valence-electron chi connectivity index (χ4n) is 1.41. The monoisotopic (exact) mass is 237 g/mol. The molecule has 2 N–H and O–H groups in total. The molecule has 5 nitrogen and oxygen atoms in total. The van der Waals surface area contributed by atoms with E-state index in [1.165, 1.54) is 19.1 Å². The molecule has 92 valence electrons. The lowest BCUT2D eigenvalue weighted by Crippen LogP contribution is -2.33. The highest BCUT2D eigenvalue weighted by molar-refractivity contribution is 5.84. The van der Waals surface area contributed by atoms with Gasteiger partial charge in [0.1, 0.15) is 5.75 Å². The zero-order chi connectivity index (χ0) is 12.8. The van der Waals surface area contributed by atoms with Crippen LogP contribution in [-0.4, -0.2) is 23.6 Å². The van der Waals surface area contributed by atoms with Gasteiger partial charge in [-0.2, -0.15) is 0 Å². The van der Waals surface area contributed by atoms with Gasteiger partial charge in [0.05, 0.1) is 6.61 Å². The second kappa shape index (κ2) is 5.89. The maximum absolute atomic E-state index is 11.7. The van der Waals surface area contributed by atoms with Gasteiger partial charge in [-0.15, -0.1) is 0 Å². The quantitative estimate of drug-likeness (QED) is 0.770. The van der Waals surface area contributed by atoms with E-state index in [4.69, 9.17) is 4.74 Å². The fourth-order valence-corrected chi connectivity index (χ4v) is 1.41. The number of nitrogens with one attached hydrogen (secondary N) is 1. The smallest absolute Gasteiger partial charge is 0.333 e. The number of esters is 1. The number of aromatic hydroxyl groups is 1. The fraction of sp³-hybridized carbons (Fsp3) is 0.333. The number of amides is 1. The van der Waals surface area contributed by atoms with E-state index >= 15 is 0 Å². The third-order valence-electron chi connectivity index (χ3n) is 2.07. The molecule has 0 aromatic heterocycles. The number of hydrogen-bond acceptors (Lipinski definition) is 4. The third kappa shape index (κ3) is 3.79. The van der Waals surface area contributed by atoms with Crippen molar-refractivity contribution >= 4 is 11.9 Å². The Bertz CT molecular complexity index is 417. The molecule has 0 heterocycles. The molecule has 0 bridgehead atoms. The molecule has 0 fully saturated rings. The molecule has 1 unspecified atom stereocenters. The van der Waals surface area contributed by atoms with Gasteiger partial charge in [-0.25, -0.2) is 4.79 Å². The summed E-state index contributed by atoms with van der Waals surface area (Å²) in [5.74, 6) is -0.859. The molecule has 0 aliphatic carbocycles. The zero-order valence-electron chi connectivity index (χ0n) is 9.77. The Labute approximate surface area is 99.4 Å². The highest BCUT2D eigenvalue weighted by atomic mass is 16.5. The van der Waals surface area contributed by atoms with Gasteiger partial charge < -0.3 is 15.2 Å². The van der Waals surface area contributed by atoms with E-state index in [-0.39, 0.29) is 18.3 Å². The Morgan fingerprint density at radius 3 is 2.71 bits per heavy atom. The summed E-state index contributed by atoms with van der Waals surface area (Å²) in [5.41, 5.74) is 0.485. The van der Waals surface area contributed by atoms with Crippen LogP contribution in [0.15, 0.2) is 24.3 Å².